The van der Waals surface area contributed by atoms with E-state index in [0.717, 1.165) is 5.75 Å². The Labute approximate surface area is 115 Å². The van der Waals surface area contributed by atoms with E-state index in [1.54, 1.807) is 11.8 Å². The molecule has 5 heteroatoms. The summed E-state index contributed by atoms with van der Waals surface area (Å²) < 4.78 is 0. The zero-order valence-corrected chi connectivity index (χ0v) is 11.1. The van der Waals surface area contributed by atoms with E-state index < -0.39 is 0 Å². The van der Waals surface area contributed by atoms with Crippen molar-refractivity contribution in [2.24, 2.45) is 0 Å². The van der Waals surface area contributed by atoms with Gasteiger partial charge in [-0.3, -0.25) is 9.59 Å². The second kappa shape index (κ2) is 6.80. The van der Waals surface area contributed by atoms with Gasteiger partial charge in [0, 0.05) is 29.5 Å². The van der Waals surface area contributed by atoms with Crippen LogP contribution in [0.25, 0.3) is 0 Å². The van der Waals surface area contributed by atoms with Crippen molar-refractivity contribution in [3.05, 3.63) is 64.6 Å². The molecule has 0 aliphatic carbocycles. The van der Waals surface area contributed by atoms with E-state index in [1.807, 2.05) is 30.3 Å². The van der Waals surface area contributed by atoms with Gasteiger partial charge in [0.15, 0.2) is 0 Å². The molecule has 19 heavy (non-hydrogen) atoms. The molecule has 0 saturated heterocycles. The van der Waals surface area contributed by atoms with Crippen molar-refractivity contribution >= 4 is 17.7 Å². The lowest BCUT2D eigenvalue weighted by Crippen LogP contribution is -2.26. The average molecular weight is 274 g/mol. The number of H-pyrrole nitrogens is 1. The van der Waals surface area contributed by atoms with Crippen LogP contribution in [0.2, 0.25) is 0 Å². The first kappa shape index (κ1) is 13.4. The largest absolute Gasteiger partial charge is 0.351 e. The molecule has 2 N–H and O–H groups in total. The van der Waals surface area contributed by atoms with Gasteiger partial charge in [0.25, 0.3) is 5.91 Å². The van der Waals surface area contributed by atoms with Crippen LogP contribution in [0.4, 0.5) is 0 Å². The molecule has 2 aromatic rings. The van der Waals surface area contributed by atoms with Gasteiger partial charge in [0.1, 0.15) is 0 Å². The van der Waals surface area contributed by atoms with Crippen LogP contribution >= 0.6 is 11.8 Å². The highest BCUT2D eigenvalue weighted by Crippen LogP contribution is 2.15. The first-order valence-corrected chi connectivity index (χ1v) is 6.89. The number of hydrogen-bond donors (Lipinski definition) is 2. The van der Waals surface area contributed by atoms with Gasteiger partial charge in [-0.25, -0.2) is 0 Å². The van der Waals surface area contributed by atoms with Crippen LogP contribution in [0.15, 0.2) is 58.4 Å². The van der Waals surface area contributed by atoms with Crippen LogP contribution in [0.1, 0.15) is 10.4 Å². The number of carbonyl (C=O) groups excluding carboxylic acids is 1. The maximum atomic E-state index is 11.7. The summed E-state index contributed by atoms with van der Waals surface area (Å²) in [4.78, 5) is 26.3. The Morgan fingerprint density at radius 1 is 1.16 bits per heavy atom. The van der Waals surface area contributed by atoms with Crippen molar-refractivity contribution < 1.29 is 4.79 Å². The molecule has 0 aliphatic heterocycles. The number of aromatic amines is 1. The first-order valence-electron chi connectivity index (χ1n) is 5.90. The summed E-state index contributed by atoms with van der Waals surface area (Å²) in [6.45, 7) is 0.581. The van der Waals surface area contributed by atoms with Crippen LogP contribution in [-0.4, -0.2) is 23.2 Å². The van der Waals surface area contributed by atoms with Gasteiger partial charge in [-0.1, -0.05) is 18.2 Å². The summed E-state index contributed by atoms with van der Waals surface area (Å²) >= 11 is 1.69. The summed E-state index contributed by atoms with van der Waals surface area (Å²) in [6.07, 6.45) is 1.42. The van der Waals surface area contributed by atoms with Crippen molar-refractivity contribution in [2.75, 3.05) is 12.3 Å². The highest BCUT2D eigenvalue weighted by molar-refractivity contribution is 7.99. The molecule has 2 rings (SSSR count). The van der Waals surface area contributed by atoms with Crippen LogP contribution < -0.4 is 10.9 Å². The second-order valence-corrected chi connectivity index (χ2v) is 5.03. The summed E-state index contributed by atoms with van der Waals surface area (Å²) in [5.74, 6) is 0.629. The van der Waals surface area contributed by atoms with Gasteiger partial charge in [-0.2, -0.15) is 0 Å². The van der Waals surface area contributed by atoms with E-state index >= 15 is 0 Å². The zero-order chi connectivity index (χ0) is 13.5. The number of benzene rings is 1. The molecule has 0 unspecified atom stereocenters. The quantitative estimate of drug-likeness (QED) is 0.646. The average Bonchev–Trinajstić information content (AvgIpc) is 2.45. The summed E-state index contributed by atoms with van der Waals surface area (Å²) in [5, 5.41) is 2.81. The number of rotatable bonds is 5. The van der Waals surface area contributed by atoms with E-state index in [2.05, 4.69) is 10.3 Å². The highest BCUT2D eigenvalue weighted by atomic mass is 32.2. The van der Waals surface area contributed by atoms with Crippen LogP contribution in [0, 0.1) is 0 Å². The third kappa shape index (κ3) is 4.30. The Morgan fingerprint density at radius 2 is 1.95 bits per heavy atom. The van der Waals surface area contributed by atoms with Crippen LogP contribution in [0.3, 0.4) is 0 Å². The molecule has 0 spiro atoms. The third-order valence-corrected chi connectivity index (χ3v) is 3.46. The van der Waals surface area contributed by atoms with E-state index in [4.69, 9.17) is 0 Å². The molecular formula is C14H14N2O2S. The van der Waals surface area contributed by atoms with Crippen molar-refractivity contribution in [2.45, 2.75) is 4.90 Å². The summed E-state index contributed by atoms with van der Waals surface area (Å²) in [6, 6.07) is 12.9. The monoisotopic (exact) mass is 274 g/mol. The maximum absolute atomic E-state index is 11.7. The molecule has 0 bridgehead atoms. The van der Waals surface area contributed by atoms with Crippen molar-refractivity contribution in [3.63, 3.8) is 0 Å². The zero-order valence-electron chi connectivity index (χ0n) is 10.3. The lowest BCUT2D eigenvalue weighted by Gasteiger charge is -2.04. The van der Waals surface area contributed by atoms with E-state index in [1.165, 1.54) is 23.2 Å². The second-order valence-electron chi connectivity index (χ2n) is 3.86. The Kier molecular flexibility index (Phi) is 4.80. The number of hydrogen-bond acceptors (Lipinski definition) is 3. The number of amides is 1. The molecule has 1 amide bonds. The third-order valence-electron chi connectivity index (χ3n) is 2.45. The lowest BCUT2D eigenvalue weighted by molar-refractivity contribution is 0.0956. The SMILES string of the molecule is O=C(NCCSc1ccccc1)c1ccc(=O)[nH]c1. The molecule has 1 aromatic heterocycles. The van der Waals surface area contributed by atoms with Gasteiger partial charge >= 0.3 is 0 Å². The van der Waals surface area contributed by atoms with Gasteiger partial charge < -0.3 is 10.3 Å². The highest BCUT2D eigenvalue weighted by Gasteiger charge is 2.04. The van der Waals surface area contributed by atoms with Gasteiger partial charge in [0.2, 0.25) is 5.56 Å². The van der Waals surface area contributed by atoms with E-state index in [9.17, 15) is 9.59 Å². The number of nitrogens with one attached hydrogen (secondary N) is 2. The minimum Gasteiger partial charge on any atom is -0.351 e. The Bertz CT molecular complexity index is 575. The van der Waals surface area contributed by atoms with E-state index in [0.29, 0.717) is 12.1 Å². The standard InChI is InChI=1S/C14H14N2O2S/c17-13-7-6-11(10-16-13)14(18)15-8-9-19-12-4-2-1-3-5-12/h1-7,10H,8-9H2,(H,15,18)(H,16,17). The van der Waals surface area contributed by atoms with Crippen LogP contribution in [-0.2, 0) is 0 Å². The van der Waals surface area contributed by atoms with Crippen molar-refractivity contribution in [1.82, 2.24) is 10.3 Å². The fraction of sp³-hybridized carbons (Fsp3) is 0.143. The number of aromatic nitrogens is 1. The van der Waals surface area contributed by atoms with Crippen molar-refractivity contribution in [1.29, 1.82) is 0 Å². The molecule has 0 saturated carbocycles. The fourth-order valence-corrected chi connectivity index (χ4v) is 2.29. The molecule has 0 atom stereocenters. The normalized spacial score (nSPS) is 10.1. The Morgan fingerprint density at radius 3 is 2.63 bits per heavy atom. The molecule has 1 aromatic carbocycles. The van der Waals surface area contributed by atoms with Crippen LogP contribution in [0.5, 0.6) is 0 Å². The number of thioether (sulfide) groups is 1. The molecule has 1 heterocycles. The fourth-order valence-electron chi connectivity index (χ4n) is 1.50. The maximum Gasteiger partial charge on any atom is 0.252 e. The molecule has 0 fully saturated rings. The number of pyridine rings is 1. The molecule has 4 nitrogen and oxygen atoms in total. The van der Waals surface area contributed by atoms with Gasteiger partial charge in [-0.05, 0) is 18.2 Å². The minimum absolute atomic E-state index is 0.176. The Hall–Kier alpha value is -2.01. The predicted octanol–water partition coefficient (Wildman–Crippen LogP) is 1.90. The van der Waals surface area contributed by atoms with Crippen molar-refractivity contribution in [3.8, 4) is 0 Å². The lowest BCUT2D eigenvalue weighted by atomic mass is 10.3. The molecule has 0 aliphatic rings. The molecular weight excluding hydrogens is 260 g/mol. The summed E-state index contributed by atoms with van der Waals surface area (Å²) in [7, 11) is 0. The minimum atomic E-state index is -0.212. The van der Waals surface area contributed by atoms with E-state index in [-0.39, 0.29) is 11.5 Å². The van der Waals surface area contributed by atoms with Gasteiger partial charge in [0.05, 0.1) is 5.56 Å². The predicted molar refractivity (Wildman–Crippen MR) is 76.6 cm³/mol. The summed E-state index contributed by atoms with van der Waals surface area (Å²) in [5.41, 5.74) is 0.250. The Balaban J connectivity index is 1.75. The van der Waals surface area contributed by atoms with Gasteiger partial charge in [-0.15, -0.1) is 11.8 Å². The first-order chi connectivity index (χ1) is 9.25. The smallest absolute Gasteiger partial charge is 0.252 e. The topological polar surface area (TPSA) is 62.0 Å². The number of carbonyl (C=O) groups is 1. The molecule has 0 radical (unpaired) electrons. The molecule has 98 valence electrons.